The number of halogens is 1. The normalized spacial score (nSPS) is 24.5. The molecule has 2 aliphatic heterocycles. The van der Waals surface area contributed by atoms with Gasteiger partial charge in [-0.15, -0.1) is 11.8 Å². The van der Waals surface area contributed by atoms with Crippen molar-refractivity contribution in [1.29, 1.82) is 0 Å². The SMILES string of the molecule is C[C@@H]1S[C@H](c2ccccc2F)N(CCC(=O)N2CCCC2)C1=O. The molecule has 0 aliphatic carbocycles. The van der Waals surface area contributed by atoms with Gasteiger partial charge in [0.25, 0.3) is 0 Å². The van der Waals surface area contributed by atoms with Crippen LogP contribution in [0.25, 0.3) is 0 Å². The summed E-state index contributed by atoms with van der Waals surface area (Å²) in [5.74, 6) is -0.229. The molecule has 1 aromatic carbocycles. The maximum Gasteiger partial charge on any atom is 0.236 e. The highest BCUT2D eigenvalue weighted by atomic mass is 32.2. The summed E-state index contributed by atoms with van der Waals surface area (Å²) in [6.07, 6.45) is 2.42. The monoisotopic (exact) mass is 336 g/mol. The number of rotatable bonds is 4. The molecule has 2 atom stereocenters. The first-order valence-electron chi connectivity index (χ1n) is 8.06. The lowest BCUT2D eigenvalue weighted by atomic mass is 10.2. The predicted octanol–water partition coefficient (Wildman–Crippen LogP) is 2.80. The topological polar surface area (TPSA) is 40.6 Å². The first kappa shape index (κ1) is 16.3. The van der Waals surface area contributed by atoms with Crippen molar-refractivity contribution in [3.05, 3.63) is 35.6 Å². The minimum atomic E-state index is -0.343. The van der Waals surface area contributed by atoms with Gasteiger partial charge in [-0.25, -0.2) is 4.39 Å². The number of carbonyl (C=O) groups is 2. The number of nitrogens with zero attached hydrogens (tertiary/aromatic N) is 2. The minimum absolute atomic E-state index is 0.0162. The van der Waals surface area contributed by atoms with Crippen LogP contribution in [0.5, 0.6) is 0 Å². The molecule has 0 radical (unpaired) electrons. The maximum absolute atomic E-state index is 14.1. The van der Waals surface area contributed by atoms with Crippen molar-refractivity contribution in [2.75, 3.05) is 19.6 Å². The van der Waals surface area contributed by atoms with Gasteiger partial charge >= 0.3 is 0 Å². The van der Waals surface area contributed by atoms with Crippen LogP contribution in [0.4, 0.5) is 4.39 Å². The molecule has 1 aromatic rings. The second kappa shape index (κ2) is 6.91. The van der Waals surface area contributed by atoms with E-state index in [9.17, 15) is 14.0 Å². The first-order valence-corrected chi connectivity index (χ1v) is 9.00. The summed E-state index contributed by atoms with van der Waals surface area (Å²) in [6.45, 7) is 3.82. The van der Waals surface area contributed by atoms with Crippen LogP contribution in [0.15, 0.2) is 24.3 Å². The maximum atomic E-state index is 14.1. The van der Waals surface area contributed by atoms with Crippen molar-refractivity contribution >= 4 is 23.6 Å². The largest absolute Gasteiger partial charge is 0.343 e. The van der Waals surface area contributed by atoms with Crippen LogP contribution in [0, 0.1) is 5.82 Å². The fourth-order valence-electron chi connectivity index (χ4n) is 3.16. The van der Waals surface area contributed by atoms with Gasteiger partial charge in [-0.1, -0.05) is 18.2 Å². The molecular weight excluding hydrogens is 315 g/mol. The molecule has 3 rings (SSSR count). The Morgan fingerprint density at radius 3 is 2.70 bits per heavy atom. The van der Waals surface area contributed by atoms with E-state index in [1.54, 1.807) is 23.1 Å². The third kappa shape index (κ3) is 3.37. The summed E-state index contributed by atoms with van der Waals surface area (Å²) in [5, 5.41) is -0.549. The lowest BCUT2D eigenvalue weighted by molar-refractivity contribution is -0.133. The molecule has 23 heavy (non-hydrogen) atoms. The van der Waals surface area contributed by atoms with E-state index in [4.69, 9.17) is 0 Å². The van der Waals surface area contributed by atoms with Crippen LogP contribution in [0.2, 0.25) is 0 Å². The number of thioether (sulfide) groups is 1. The number of carbonyl (C=O) groups excluding carboxylic acids is 2. The van der Waals surface area contributed by atoms with Crippen LogP contribution in [-0.4, -0.2) is 46.5 Å². The van der Waals surface area contributed by atoms with Gasteiger partial charge in [0.1, 0.15) is 11.2 Å². The smallest absolute Gasteiger partial charge is 0.236 e. The lowest BCUT2D eigenvalue weighted by Gasteiger charge is -2.25. The Labute approximate surface area is 140 Å². The Morgan fingerprint density at radius 2 is 2.00 bits per heavy atom. The second-order valence-corrected chi connectivity index (χ2v) is 7.45. The molecule has 0 N–H and O–H groups in total. The van der Waals surface area contributed by atoms with Crippen molar-refractivity contribution < 1.29 is 14.0 Å². The molecule has 0 aromatic heterocycles. The third-order valence-corrected chi connectivity index (χ3v) is 5.82. The van der Waals surface area contributed by atoms with Crippen molar-refractivity contribution in [3.8, 4) is 0 Å². The number of hydrogen-bond acceptors (Lipinski definition) is 3. The molecule has 2 saturated heterocycles. The van der Waals surface area contributed by atoms with Gasteiger partial charge in [0.2, 0.25) is 11.8 Å². The Morgan fingerprint density at radius 1 is 1.30 bits per heavy atom. The van der Waals surface area contributed by atoms with Crippen LogP contribution in [0.3, 0.4) is 0 Å². The standard InChI is InChI=1S/C17H21FN2O2S/c1-12-16(22)20(11-8-15(21)19-9-4-5-10-19)17(23-12)13-6-2-3-7-14(13)18/h2-3,6-7,12,17H,4-5,8-11H2,1H3/t12-,17+/m0/s1. The lowest BCUT2D eigenvalue weighted by Crippen LogP contribution is -2.36. The molecule has 4 nitrogen and oxygen atoms in total. The second-order valence-electron chi connectivity index (χ2n) is 6.02. The number of hydrogen-bond donors (Lipinski definition) is 0. The van der Waals surface area contributed by atoms with Crippen molar-refractivity contribution in [2.24, 2.45) is 0 Å². The van der Waals surface area contributed by atoms with Crippen molar-refractivity contribution in [1.82, 2.24) is 9.80 Å². The average molecular weight is 336 g/mol. The summed E-state index contributed by atoms with van der Waals surface area (Å²) in [5.41, 5.74) is 0.517. The van der Waals surface area contributed by atoms with Gasteiger partial charge < -0.3 is 9.80 Å². The van der Waals surface area contributed by atoms with Gasteiger partial charge in [-0.05, 0) is 25.8 Å². The summed E-state index contributed by atoms with van der Waals surface area (Å²) in [6, 6.07) is 6.55. The first-order chi connectivity index (χ1) is 11.1. The summed E-state index contributed by atoms with van der Waals surface area (Å²) >= 11 is 1.44. The summed E-state index contributed by atoms with van der Waals surface area (Å²) < 4.78 is 14.1. The van der Waals surface area contributed by atoms with E-state index in [-0.39, 0.29) is 28.3 Å². The van der Waals surface area contributed by atoms with E-state index in [1.165, 1.54) is 17.8 Å². The van der Waals surface area contributed by atoms with Crippen LogP contribution < -0.4 is 0 Å². The van der Waals surface area contributed by atoms with Gasteiger partial charge in [0, 0.05) is 31.6 Å². The van der Waals surface area contributed by atoms with E-state index in [0.717, 1.165) is 25.9 Å². The quantitative estimate of drug-likeness (QED) is 0.849. The van der Waals surface area contributed by atoms with Gasteiger partial charge in [0.15, 0.2) is 0 Å². The van der Waals surface area contributed by atoms with Crippen LogP contribution in [-0.2, 0) is 9.59 Å². The van der Waals surface area contributed by atoms with Gasteiger partial charge in [-0.2, -0.15) is 0 Å². The number of amides is 2. The zero-order valence-electron chi connectivity index (χ0n) is 13.2. The molecule has 2 heterocycles. The van der Waals surface area contributed by atoms with Crippen molar-refractivity contribution in [3.63, 3.8) is 0 Å². The Bertz CT molecular complexity index is 604. The van der Waals surface area contributed by atoms with Gasteiger partial charge in [0.05, 0.1) is 5.25 Å². The molecule has 0 bridgehead atoms. The third-order valence-electron chi connectivity index (χ3n) is 4.44. The Kier molecular flexibility index (Phi) is 4.90. The van der Waals surface area contributed by atoms with E-state index in [0.29, 0.717) is 18.5 Å². The molecule has 2 amide bonds. The number of benzene rings is 1. The summed E-state index contributed by atoms with van der Waals surface area (Å²) in [7, 11) is 0. The van der Waals surface area contributed by atoms with E-state index in [2.05, 4.69) is 0 Å². The minimum Gasteiger partial charge on any atom is -0.343 e. The fraction of sp³-hybridized carbons (Fsp3) is 0.529. The molecule has 6 heteroatoms. The van der Waals surface area contributed by atoms with Gasteiger partial charge in [-0.3, -0.25) is 9.59 Å². The van der Waals surface area contributed by atoms with E-state index in [1.807, 2.05) is 11.8 Å². The summed E-state index contributed by atoms with van der Waals surface area (Å²) in [4.78, 5) is 28.1. The predicted molar refractivity (Wildman–Crippen MR) is 88.3 cm³/mol. The molecule has 0 unspecified atom stereocenters. The highest BCUT2D eigenvalue weighted by Gasteiger charge is 2.39. The molecule has 2 aliphatic rings. The Balaban J connectivity index is 1.71. The van der Waals surface area contributed by atoms with E-state index < -0.39 is 0 Å². The average Bonchev–Trinajstić information content (AvgIpc) is 3.16. The fourth-order valence-corrected chi connectivity index (χ4v) is 4.49. The zero-order chi connectivity index (χ0) is 16.4. The number of likely N-dealkylation sites (tertiary alicyclic amines) is 1. The van der Waals surface area contributed by atoms with Crippen LogP contribution >= 0.6 is 11.8 Å². The van der Waals surface area contributed by atoms with Crippen LogP contribution in [0.1, 0.15) is 37.1 Å². The molecule has 124 valence electrons. The van der Waals surface area contributed by atoms with E-state index >= 15 is 0 Å². The molecule has 0 spiro atoms. The molecule has 2 fully saturated rings. The molecule has 0 saturated carbocycles. The Hall–Kier alpha value is -1.56. The van der Waals surface area contributed by atoms with Crippen molar-refractivity contribution in [2.45, 2.75) is 36.8 Å². The zero-order valence-corrected chi connectivity index (χ0v) is 14.0. The highest BCUT2D eigenvalue weighted by molar-refractivity contribution is 8.01. The highest BCUT2D eigenvalue weighted by Crippen LogP contribution is 2.43. The molecular formula is C17H21FN2O2S.